The van der Waals surface area contributed by atoms with E-state index in [1.165, 1.54) is 38.8 Å². The van der Waals surface area contributed by atoms with E-state index in [9.17, 15) is 0 Å². The molecular formula is C18H32IN5O. The summed E-state index contributed by atoms with van der Waals surface area (Å²) in [6, 6.07) is 0. The monoisotopic (exact) mass is 461 g/mol. The molecule has 3 rings (SSSR count). The molecule has 2 heterocycles. The Hall–Kier alpha value is -0.860. The number of hydrogen-bond donors (Lipinski definition) is 1. The third-order valence-electron chi connectivity index (χ3n) is 5.34. The summed E-state index contributed by atoms with van der Waals surface area (Å²) in [5.74, 6) is 4.67. The molecule has 1 aromatic heterocycles. The van der Waals surface area contributed by atoms with Crippen LogP contribution in [0.4, 0.5) is 0 Å². The van der Waals surface area contributed by atoms with Gasteiger partial charge in [0.2, 0.25) is 5.89 Å². The number of aryl methyl sites for hydroxylation is 1. The van der Waals surface area contributed by atoms with Crippen molar-refractivity contribution in [2.45, 2.75) is 58.3 Å². The summed E-state index contributed by atoms with van der Waals surface area (Å²) < 4.78 is 5.29. The van der Waals surface area contributed by atoms with Crippen molar-refractivity contribution < 1.29 is 4.52 Å². The van der Waals surface area contributed by atoms with Crippen LogP contribution in [-0.2, 0) is 6.42 Å². The standard InChI is InChI=1S/C18H31N5O.HI/c1-13(2)17-21-16(24-22-17)9-6-10-20-18(19-3)23-11-14-7-4-5-8-15(14)12-23;/h13-15H,4-12H2,1-3H3,(H,19,20);1H. The zero-order chi connectivity index (χ0) is 16.9. The molecule has 1 aliphatic carbocycles. The summed E-state index contributed by atoms with van der Waals surface area (Å²) in [6.45, 7) is 7.39. The van der Waals surface area contributed by atoms with E-state index in [1.54, 1.807) is 0 Å². The van der Waals surface area contributed by atoms with Crippen molar-refractivity contribution in [1.82, 2.24) is 20.4 Å². The highest BCUT2D eigenvalue weighted by Crippen LogP contribution is 2.35. The molecule has 1 N–H and O–H groups in total. The van der Waals surface area contributed by atoms with Crippen LogP contribution >= 0.6 is 24.0 Å². The minimum absolute atomic E-state index is 0. The van der Waals surface area contributed by atoms with Crippen molar-refractivity contribution in [1.29, 1.82) is 0 Å². The van der Waals surface area contributed by atoms with Gasteiger partial charge in [-0.05, 0) is 31.1 Å². The fraction of sp³-hybridized carbons (Fsp3) is 0.833. The summed E-state index contributed by atoms with van der Waals surface area (Å²) in [7, 11) is 1.89. The molecular weight excluding hydrogens is 429 g/mol. The molecule has 2 unspecified atom stereocenters. The van der Waals surface area contributed by atoms with Crippen LogP contribution < -0.4 is 5.32 Å². The predicted molar refractivity (Wildman–Crippen MR) is 111 cm³/mol. The van der Waals surface area contributed by atoms with Gasteiger partial charge in [-0.15, -0.1) is 24.0 Å². The smallest absolute Gasteiger partial charge is 0.226 e. The molecule has 2 aliphatic rings. The highest BCUT2D eigenvalue weighted by atomic mass is 127. The number of halogens is 1. The van der Waals surface area contributed by atoms with Gasteiger partial charge in [-0.1, -0.05) is 31.8 Å². The average molecular weight is 461 g/mol. The van der Waals surface area contributed by atoms with Crippen molar-refractivity contribution in [3.63, 3.8) is 0 Å². The van der Waals surface area contributed by atoms with Gasteiger partial charge in [0.1, 0.15) is 0 Å². The molecule has 7 heteroatoms. The van der Waals surface area contributed by atoms with Crippen molar-refractivity contribution in [2.75, 3.05) is 26.7 Å². The molecule has 0 spiro atoms. The van der Waals surface area contributed by atoms with Crippen LogP contribution in [-0.4, -0.2) is 47.7 Å². The zero-order valence-corrected chi connectivity index (χ0v) is 18.0. The lowest BCUT2D eigenvalue weighted by Crippen LogP contribution is -2.40. The number of fused-ring (bicyclic) bond motifs is 1. The number of likely N-dealkylation sites (tertiary alicyclic amines) is 1. The van der Waals surface area contributed by atoms with E-state index < -0.39 is 0 Å². The molecule has 1 aliphatic heterocycles. The van der Waals surface area contributed by atoms with Gasteiger partial charge < -0.3 is 14.7 Å². The number of aromatic nitrogens is 2. The van der Waals surface area contributed by atoms with Crippen molar-refractivity contribution in [3.05, 3.63) is 11.7 Å². The third-order valence-corrected chi connectivity index (χ3v) is 5.34. The third kappa shape index (κ3) is 5.31. The minimum atomic E-state index is 0. The molecule has 2 atom stereocenters. The summed E-state index contributed by atoms with van der Waals surface area (Å²) in [5, 5.41) is 7.52. The van der Waals surface area contributed by atoms with E-state index in [-0.39, 0.29) is 24.0 Å². The number of nitrogens with zero attached hydrogens (tertiary/aromatic N) is 4. The van der Waals surface area contributed by atoms with Gasteiger partial charge in [0, 0.05) is 39.0 Å². The minimum Gasteiger partial charge on any atom is -0.356 e. The van der Waals surface area contributed by atoms with Crippen molar-refractivity contribution >= 4 is 29.9 Å². The highest BCUT2D eigenvalue weighted by Gasteiger charge is 2.35. The maximum Gasteiger partial charge on any atom is 0.226 e. The highest BCUT2D eigenvalue weighted by molar-refractivity contribution is 14.0. The number of guanidine groups is 1. The first-order chi connectivity index (χ1) is 11.7. The molecule has 2 fully saturated rings. The van der Waals surface area contributed by atoms with Gasteiger partial charge in [0.25, 0.3) is 0 Å². The number of nitrogens with one attached hydrogen (secondary N) is 1. The van der Waals surface area contributed by atoms with Crippen molar-refractivity contribution in [3.8, 4) is 0 Å². The first kappa shape index (κ1) is 20.5. The second kappa shape index (κ2) is 9.73. The normalized spacial score (nSPS) is 23.5. The molecule has 1 aromatic rings. The van der Waals surface area contributed by atoms with Crippen molar-refractivity contribution in [2.24, 2.45) is 16.8 Å². The van der Waals surface area contributed by atoms with Gasteiger partial charge in [-0.25, -0.2) is 0 Å². The lowest BCUT2D eigenvalue weighted by Gasteiger charge is -2.22. The van der Waals surface area contributed by atoms with E-state index in [2.05, 4.69) is 39.2 Å². The maximum absolute atomic E-state index is 5.29. The fourth-order valence-electron chi connectivity index (χ4n) is 3.95. The van der Waals surface area contributed by atoms with E-state index in [1.807, 2.05) is 7.05 Å². The number of hydrogen-bond acceptors (Lipinski definition) is 4. The van der Waals surface area contributed by atoms with Gasteiger partial charge in [0.15, 0.2) is 11.8 Å². The van der Waals surface area contributed by atoms with E-state index in [4.69, 9.17) is 4.52 Å². The topological polar surface area (TPSA) is 66.5 Å². The fourth-order valence-corrected chi connectivity index (χ4v) is 3.95. The summed E-state index contributed by atoms with van der Waals surface area (Å²) in [5.41, 5.74) is 0. The van der Waals surface area contributed by atoms with Crippen LogP contribution in [0.3, 0.4) is 0 Å². The maximum atomic E-state index is 5.29. The van der Waals surface area contributed by atoms with Gasteiger partial charge in [0.05, 0.1) is 0 Å². The summed E-state index contributed by atoms with van der Waals surface area (Å²) in [4.78, 5) is 11.4. The predicted octanol–water partition coefficient (Wildman–Crippen LogP) is 3.44. The largest absolute Gasteiger partial charge is 0.356 e. The second-order valence-corrected chi connectivity index (χ2v) is 7.49. The Balaban J connectivity index is 0.00000225. The number of aliphatic imine (C=N–C) groups is 1. The molecule has 0 radical (unpaired) electrons. The van der Waals surface area contributed by atoms with E-state index in [0.29, 0.717) is 5.92 Å². The quantitative estimate of drug-likeness (QED) is 0.315. The summed E-state index contributed by atoms with van der Waals surface area (Å²) >= 11 is 0. The van der Waals surface area contributed by atoms with Crippen LogP contribution in [0.2, 0.25) is 0 Å². The first-order valence-corrected chi connectivity index (χ1v) is 9.45. The molecule has 1 saturated carbocycles. The Morgan fingerprint density at radius 3 is 2.52 bits per heavy atom. The average Bonchev–Trinajstić information content (AvgIpc) is 3.21. The molecule has 0 amide bonds. The lowest BCUT2D eigenvalue weighted by molar-refractivity contribution is 0.299. The van der Waals surface area contributed by atoms with Crippen LogP contribution in [0.15, 0.2) is 9.52 Å². The van der Waals surface area contributed by atoms with Gasteiger partial charge in [-0.3, -0.25) is 4.99 Å². The van der Waals surface area contributed by atoms with Crippen LogP contribution in [0, 0.1) is 11.8 Å². The summed E-state index contributed by atoms with van der Waals surface area (Å²) in [6.07, 6.45) is 7.39. The van der Waals surface area contributed by atoms with E-state index in [0.717, 1.165) is 48.9 Å². The van der Waals surface area contributed by atoms with Crippen LogP contribution in [0.1, 0.15) is 63.6 Å². The Labute approximate surface area is 168 Å². The Morgan fingerprint density at radius 1 is 1.28 bits per heavy atom. The van der Waals surface area contributed by atoms with Gasteiger partial charge >= 0.3 is 0 Å². The Kier molecular flexibility index (Phi) is 7.96. The Morgan fingerprint density at radius 2 is 1.96 bits per heavy atom. The molecule has 0 bridgehead atoms. The van der Waals surface area contributed by atoms with Crippen LogP contribution in [0.25, 0.3) is 0 Å². The van der Waals surface area contributed by atoms with E-state index >= 15 is 0 Å². The SMILES string of the molecule is CN=C(NCCCc1nc(C(C)C)no1)N1CC2CCCCC2C1.I. The molecule has 1 saturated heterocycles. The molecule has 0 aromatic carbocycles. The van der Waals surface area contributed by atoms with Crippen LogP contribution in [0.5, 0.6) is 0 Å². The lowest BCUT2D eigenvalue weighted by atomic mass is 9.82. The zero-order valence-electron chi connectivity index (χ0n) is 15.7. The molecule has 6 nitrogen and oxygen atoms in total. The Bertz CT molecular complexity index is 545. The van der Waals surface area contributed by atoms with Gasteiger partial charge in [-0.2, -0.15) is 4.98 Å². The molecule has 25 heavy (non-hydrogen) atoms. The second-order valence-electron chi connectivity index (χ2n) is 7.49. The molecule has 142 valence electrons. The first-order valence-electron chi connectivity index (χ1n) is 9.45. The number of rotatable bonds is 5.